The smallest absolute Gasteiger partial charge is 0.442 e. The number of nitrogens with zero attached hydrogens (tertiary/aromatic N) is 1. The van der Waals surface area contributed by atoms with Crippen LogP contribution < -0.4 is 10.6 Å². The Morgan fingerprint density at radius 1 is 1.19 bits per heavy atom. The molecule has 0 bridgehead atoms. The molecule has 0 aliphatic carbocycles. The number of esters is 1. The van der Waals surface area contributed by atoms with Gasteiger partial charge in [-0.3, -0.25) is 5.32 Å². The molecule has 0 aliphatic rings. The van der Waals surface area contributed by atoms with Gasteiger partial charge in [-0.05, 0) is 32.0 Å². The zero-order valence-corrected chi connectivity index (χ0v) is 15.0. The van der Waals surface area contributed by atoms with Crippen LogP contribution in [0.15, 0.2) is 18.2 Å². The molecule has 1 atom stereocenters. The highest BCUT2D eigenvalue weighted by molar-refractivity contribution is 7.22. The fourth-order valence-electron chi connectivity index (χ4n) is 2.06. The van der Waals surface area contributed by atoms with Crippen LogP contribution in [-0.4, -0.2) is 42.1 Å². The summed E-state index contributed by atoms with van der Waals surface area (Å²) in [5, 5.41) is 2.99. The number of rotatable bonds is 6. The van der Waals surface area contributed by atoms with Crippen LogP contribution in [0, 0.1) is 5.82 Å². The fourth-order valence-corrected chi connectivity index (χ4v) is 3.01. The number of anilines is 1. The van der Waals surface area contributed by atoms with E-state index in [2.05, 4.69) is 14.5 Å². The van der Waals surface area contributed by atoms with E-state index in [1.807, 2.05) is 5.32 Å². The summed E-state index contributed by atoms with van der Waals surface area (Å²) < 4.78 is 64.0. The van der Waals surface area contributed by atoms with E-state index in [0.29, 0.717) is 11.3 Å². The Balaban J connectivity index is 2.50. The molecule has 1 aromatic heterocycles. The maximum Gasteiger partial charge on any atom is 0.442 e. The van der Waals surface area contributed by atoms with E-state index in [9.17, 15) is 27.2 Å². The molecule has 12 heteroatoms. The molecule has 0 radical (unpaired) electrons. The van der Waals surface area contributed by atoms with E-state index in [1.54, 1.807) is 0 Å². The van der Waals surface area contributed by atoms with Crippen LogP contribution in [0.5, 0.6) is 0 Å². The van der Waals surface area contributed by atoms with Crippen LogP contribution in [0.25, 0.3) is 10.2 Å². The van der Waals surface area contributed by atoms with Crippen LogP contribution in [0.3, 0.4) is 0 Å². The largest absolute Gasteiger partial charge is 0.463 e. The van der Waals surface area contributed by atoms with Crippen molar-refractivity contribution < 1.29 is 36.6 Å². The first kappa shape index (κ1) is 20.7. The second kappa shape index (κ2) is 7.94. The summed E-state index contributed by atoms with van der Waals surface area (Å²) >= 11 is 0.668. The SMILES string of the molecule is CCOC(=O)NC(Nc1nc2ccc(F)cc2s1)(C(=O)OCC)C(F)(F)F. The number of alkyl halides is 3. The normalized spacial score (nSPS) is 13.7. The highest BCUT2D eigenvalue weighted by atomic mass is 32.1. The minimum Gasteiger partial charge on any atom is -0.463 e. The van der Waals surface area contributed by atoms with E-state index in [1.165, 1.54) is 25.2 Å². The van der Waals surface area contributed by atoms with Gasteiger partial charge in [0.25, 0.3) is 0 Å². The lowest BCUT2D eigenvalue weighted by Crippen LogP contribution is -2.69. The Hall–Kier alpha value is -2.63. The first-order chi connectivity index (χ1) is 12.6. The van der Waals surface area contributed by atoms with Crippen molar-refractivity contribution in [3.8, 4) is 0 Å². The van der Waals surface area contributed by atoms with Crippen molar-refractivity contribution in [2.24, 2.45) is 0 Å². The number of alkyl carbamates (subject to hydrolysis) is 1. The Bertz CT molecular complexity index is 842. The number of carbonyl (C=O) groups is 2. The summed E-state index contributed by atoms with van der Waals surface area (Å²) in [7, 11) is 0. The maximum absolute atomic E-state index is 13.8. The predicted octanol–water partition coefficient (Wildman–Crippen LogP) is 3.42. The summed E-state index contributed by atoms with van der Waals surface area (Å²) in [4.78, 5) is 27.7. The summed E-state index contributed by atoms with van der Waals surface area (Å²) in [6.07, 6.45) is -6.79. The van der Waals surface area contributed by atoms with E-state index in [4.69, 9.17) is 0 Å². The third-order valence-corrected chi connectivity index (χ3v) is 4.15. The monoisotopic (exact) mass is 409 g/mol. The van der Waals surface area contributed by atoms with Crippen molar-refractivity contribution >= 4 is 38.7 Å². The number of hydrogen-bond donors (Lipinski definition) is 2. The van der Waals surface area contributed by atoms with Gasteiger partial charge in [-0.2, -0.15) is 13.2 Å². The van der Waals surface area contributed by atoms with Gasteiger partial charge < -0.3 is 14.8 Å². The molecule has 0 fully saturated rings. The summed E-state index contributed by atoms with van der Waals surface area (Å²) in [6, 6.07) is 3.44. The van der Waals surface area contributed by atoms with Crippen molar-refractivity contribution in [2.75, 3.05) is 18.5 Å². The zero-order chi connectivity index (χ0) is 20.2. The van der Waals surface area contributed by atoms with Crippen molar-refractivity contribution in [1.29, 1.82) is 0 Å². The van der Waals surface area contributed by atoms with Crippen molar-refractivity contribution in [1.82, 2.24) is 10.3 Å². The van der Waals surface area contributed by atoms with Gasteiger partial charge in [0.2, 0.25) is 0 Å². The van der Waals surface area contributed by atoms with Gasteiger partial charge in [0, 0.05) is 0 Å². The molecule has 0 saturated heterocycles. The second-order valence-corrected chi connectivity index (χ2v) is 6.10. The Kier molecular flexibility index (Phi) is 6.08. The number of halogens is 4. The van der Waals surface area contributed by atoms with Crippen LogP contribution in [0.1, 0.15) is 13.8 Å². The molecule has 0 spiro atoms. The Morgan fingerprint density at radius 2 is 1.85 bits per heavy atom. The van der Waals surface area contributed by atoms with E-state index in [-0.39, 0.29) is 28.6 Å². The lowest BCUT2D eigenvalue weighted by atomic mass is 10.1. The molecule has 2 N–H and O–H groups in total. The fraction of sp³-hybridized carbons (Fsp3) is 0.400. The Labute approximate surface area is 154 Å². The third-order valence-electron chi connectivity index (χ3n) is 3.22. The third kappa shape index (κ3) is 4.38. The molecule has 1 amide bonds. The lowest BCUT2D eigenvalue weighted by molar-refractivity contribution is -0.205. The predicted molar refractivity (Wildman–Crippen MR) is 88.8 cm³/mol. The molecule has 1 unspecified atom stereocenters. The van der Waals surface area contributed by atoms with E-state index >= 15 is 0 Å². The number of fused-ring (bicyclic) bond motifs is 1. The first-order valence-corrected chi connectivity index (χ1v) is 8.47. The summed E-state index contributed by atoms with van der Waals surface area (Å²) in [5.74, 6) is -2.40. The number of amides is 1. The summed E-state index contributed by atoms with van der Waals surface area (Å²) in [5.41, 5.74) is -3.43. The minimum absolute atomic E-state index is 0.208. The number of hydrogen-bond acceptors (Lipinski definition) is 7. The average Bonchev–Trinajstić information content (AvgIpc) is 2.94. The highest BCUT2D eigenvalue weighted by Gasteiger charge is 2.64. The number of benzene rings is 1. The number of ether oxygens (including phenoxy) is 2. The number of thiazole rings is 1. The van der Waals surface area contributed by atoms with Gasteiger partial charge in [-0.1, -0.05) is 11.3 Å². The van der Waals surface area contributed by atoms with Gasteiger partial charge >= 0.3 is 23.9 Å². The molecule has 1 aromatic carbocycles. The molecule has 0 saturated carbocycles. The van der Waals surface area contributed by atoms with Crippen molar-refractivity contribution in [3.05, 3.63) is 24.0 Å². The van der Waals surface area contributed by atoms with Crippen LogP contribution in [-0.2, 0) is 14.3 Å². The minimum atomic E-state index is -5.31. The number of nitrogens with one attached hydrogen (secondary N) is 2. The molecule has 148 valence electrons. The van der Waals surface area contributed by atoms with Crippen molar-refractivity contribution in [3.63, 3.8) is 0 Å². The van der Waals surface area contributed by atoms with Crippen LogP contribution in [0.4, 0.5) is 27.5 Å². The van der Waals surface area contributed by atoms with Gasteiger partial charge in [-0.15, -0.1) is 0 Å². The highest BCUT2D eigenvalue weighted by Crippen LogP contribution is 2.36. The molecular weight excluding hydrogens is 394 g/mol. The maximum atomic E-state index is 13.8. The van der Waals surface area contributed by atoms with Gasteiger partial charge in [0.1, 0.15) is 5.82 Å². The lowest BCUT2D eigenvalue weighted by Gasteiger charge is -2.33. The van der Waals surface area contributed by atoms with Crippen LogP contribution >= 0.6 is 11.3 Å². The van der Waals surface area contributed by atoms with Crippen LogP contribution in [0.2, 0.25) is 0 Å². The molecule has 27 heavy (non-hydrogen) atoms. The number of aromatic nitrogens is 1. The van der Waals surface area contributed by atoms with Gasteiger partial charge in [-0.25, -0.2) is 19.0 Å². The number of carbonyl (C=O) groups excluding carboxylic acids is 2. The molecule has 0 aliphatic heterocycles. The molecule has 2 aromatic rings. The quantitative estimate of drug-likeness (QED) is 0.432. The van der Waals surface area contributed by atoms with Gasteiger partial charge in [0.05, 0.1) is 23.4 Å². The standard InChI is InChI=1S/C15H15F4N3O4S/c1-3-25-11(23)14(15(17,18)19,22-13(24)26-4-2)21-12-20-9-6-5-8(16)7-10(9)27-12/h5-7H,3-4H2,1-2H3,(H,20,21)(H,22,24). The molecule has 2 rings (SSSR count). The summed E-state index contributed by atoms with van der Waals surface area (Å²) in [6.45, 7) is 2.11. The topological polar surface area (TPSA) is 89.5 Å². The Morgan fingerprint density at radius 3 is 2.44 bits per heavy atom. The molecule has 7 nitrogen and oxygen atoms in total. The van der Waals surface area contributed by atoms with Gasteiger partial charge in [0.15, 0.2) is 5.13 Å². The van der Waals surface area contributed by atoms with E-state index in [0.717, 1.165) is 12.1 Å². The average molecular weight is 409 g/mol. The van der Waals surface area contributed by atoms with E-state index < -0.39 is 29.7 Å². The first-order valence-electron chi connectivity index (χ1n) is 7.66. The molecular formula is C15H15F4N3O4S. The molecule has 1 heterocycles. The van der Waals surface area contributed by atoms with Crippen molar-refractivity contribution in [2.45, 2.75) is 25.7 Å². The zero-order valence-electron chi connectivity index (χ0n) is 14.1. The second-order valence-electron chi connectivity index (χ2n) is 5.07.